The number of hydrogen-bond acceptors (Lipinski definition) is 5. The van der Waals surface area contributed by atoms with E-state index in [2.05, 4.69) is 362 Å². The lowest BCUT2D eigenvalue weighted by Gasteiger charge is -2.43. The molecule has 27 heterocycles. The molecule has 133 heavy (non-hydrogen) atoms. The summed E-state index contributed by atoms with van der Waals surface area (Å²) in [5, 5.41) is 29.4. The molecule has 0 amide bonds. The largest absolute Gasteiger partial charge is 0.728 e. The minimum absolute atomic E-state index is 0.00514. The Labute approximate surface area is 774 Å². The van der Waals surface area contributed by atoms with Gasteiger partial charge < -0.3 is 14.8 Å². The van der Waals surface area contributed by atoms with Gasteiger partial charge in [-0.25, -0.2) is 42.1 Å². The second-order valence-corrected chi connectivity index (χ2v) is 46.2. The van der Waals surface area contributed by atoms with Crippen LogP contribution in [-0.4, -0.2) is 58.3 Å². The van der Waals surface area contributed by atoms with Crippen molar-refractivity contribution >= 4 is 153 Å². The Morgan fingerprint density at radius 2 is 0.677 bits per heavy atom. The lowest BCUT2D eigenvalue weighted by molar-refractivity contribution is -0.693. The van der Waals surface area contributed by atoms with Crippen LogP contribution in [0.25, 0.3) is 138 Å². The molecule has 10 aliphatic rings. The fourth-order valence-corrected chi connectivity index (χ4v) is 28.3. The first kappa shape index (κ1) is 81.4. The monoisotopic (exact) mass is 1760 g/mol. The normalized spacial score (nSPS) is 18.6. The zero-order chi connectivity index (χ0) is 93.1. The number of imidazole rings is 5. The highest BCUT2D eigenvalue weighted by Gasteiger charge is 2.62. The highest BCUT2D eigenvalue weighted by molar-refractivity contribution is 6.33. The van der Waals surface area contributed by atoms with Gasteiger partial charge in [0.15, 0.2) is 86.4 Å². The molecule has 3 aromatic carbocycles. The molecule has 22 heteroatoms. The van der Waals surface area contributed by atoms with Gasteiger partial charge in [0.1, 0.15) is 103 Å². The van der Waals surface area contributed by atoms with E-state index in [1.807, 2.05) is 24.7 Å². The van der Waals surface area contributed by atoms with Crippen molar-refractivity contribution in [2.75, 3.05) is 0 Å². The Kier molecular flexibility index (Phi) is 15.0. The molecular formula is C111H119B2N17O3+10. The molecule has 0 unspecified atom stereocenters. The molecule has 20 aromatic rings. The lowest BCUT2D eigenvalue weighted by Crippen LogP contribution is -2.52. The van der Waals surface area contributed by atoms with Gasteiger partial charge >= 0.3 is 43.5 Å². The van der Waals surface area contributed by atoms with E-state index in [1.54, 1.807) is 10.7 Å². The van der Waals surface area contributed by atoms with E-state index in [0.717, 1.165) is 71.2 Å². The lowest BCUT2D eigenvalue weighted by atomic mass is 9.60. The molecule has 662 valence electrons. The quantitative estimate of drug-likeness (QED) is 0.101. The Hall–Kier alpha value is -12.4. The van der Waals surface area contributed by atoms with Crippen LogP contribution in [0.5, 0.6) is 0 Å². The van der Waals surface area contributed by atoms with E-state index in [4.69, 9.17) is 22.7 Å². The van der Waals surface area contributed by atoms with Crippen molar-refractivity contribution in [2.24, 2.45) is 21.1 Å². The molecule has 20 nitrogen and oxygen atoms in total. The maximum absolute atomic E-state index is 9.50. The molecular weight excluding hydrogens is 1640 g/mol. The topological polar surface area (TPSA) is 140 Å². The minimum atomic E-state index is -1.89. The van der Waals surface area contributed by atoms with Gasteiger partial charge in [-0.05, 0) is 50.2 Å². The molecule has 0 fully saturated rings. The van der Waals surface area contributed by atoms with Crippen LogP contribution in [-0.2, 0) is 108 Å². The van der Waals surface area contributed by atoms with E-state index in [0.29, 0.717) is 0 Å². The van der Waals surface area contributed by atoms with Crippen LogP contribution in [0.3, 0.4) is 0 Å². The van der Waals surface area contributed by atoms with Crippen LogP contribution < -0.4 is 49.5 Å². The first-order valence-electron chi connectivity index (χ1n) is 47.9. The number of benzene rings is 3. The van der Waals surface area contributed by atoms with Gasteiger partial charge in [0, 0.05) is 182 Å². The average Bonchev–Trinajstić information content (AvgIpc) is 1.54. The minimum Gasteiger partial charge on any atom is -0.421 e. The molecule has 0 spiro atoms. The molecule has 0 atom stereocenters. The number of pyridine rings is 12. The summed E-state index contributed by atoms with van der Waals surface area (Å²) in [6.07, 6.45) is 14.3. The molecule has 0 bridgehead atoms. The van der Waals surface area contributed by atoms with E-state index < -0.39 is 7.32 Å². The third-order valence-electron chi connectivity index (χ3n) is 38.3. The van der Waals surface area contributed by atoms with Gasteiger partial charge in [-0.2, -0.15) is 22.2 Å². The van der Waals surface area contributed by atoms with Crippen LogP contribution in [0.4, 0.5) is 0 Å². The van der Waals surface area contributed by atoms with E-state index in [1.165, 1.54) is 216 Å². The number of rotatable bonds is 2. The van der Waals surface area contributed by atoms with Crippen LogP contribution in [0, 0.1) is 34.6 Å². The van der Waals surface area contributed by atoms with Crippen LogP contribution in [0.15, 0.2) is 140 Å². The van der Waals surface area contributed by atoms with Crippen molar-refractivity contribution in [1.29, 1.82) is 0 Å². The standard InChI is InChI=1S/2C23H25N3.C22H24BN3O3.C22H24N4.C21H21BN4/c2*1-13-20-23(4,5)22(2,3)16-9-7-8-15-18(16)26(20)21-17-14(12-25(13)21)10-11-24(6)19(15)17;1-12-19-22(4,5)21(2,3)15-8-6-7-14-17(15)26(19)20-16-13(11-24(12)20)9-10-25(18(14)16)29-23(27)28;1-12-19-22(4,5)21(2,3)14-7-9-23-16-17(14)26(19)20-15-13(11-25(12)20)8-10-24(6)18(15)16;1-11-18-21(4,5)20(2,3)13-6-8-23-15-16(13)26(18)19-14-12(10-24(11)19)7-9-25(22)17(14)15/h2*7-11H,12H2,1-6H3;6-10,27-28H,11H2,1-5H3;7-10H,11H2,1-6H3;6-9H,10H2,1-5H3/q5*+2. The number of aryl methyl sites for hydroxylation is 3. The van der Waals surface area contributed by atoms with Gasteiger partial charge in [0.05, 0.1) is 21.6 Å². The van der Waals surface area contributed by atoms with E-state index in [9.17, 15) is 10.0 Å². The first-order chi connectivity index (χ1) is 62.7. The summed E-state index contributed by atoms with van der Waals surface area (Å²) in [6.45, 7) is 63.8. The van der Waals surface area contributed by atoms with Crippen molar-refractivity contribution in [3.63, 3.8) is 0 Å². The van der Waals surface area contributed by atoms with E-state index >= 15 is 0 Å². The fraction of sp³-hybridized carbons (Fsp3) is 0.387. The number of fused-ring (bicyclic) bond motifs is 5. The van der Waals surface area contributed by atoms with Crippen LogP contribution in [0.2, 0.25) is 0 Å². The average molecular weight is 1760 g/mol. The first-order valence-corrected chi connectivity index (χ1v) is 47.9. The predicted octanol–water partition coefficient (Wildman–Crippen LogP) is 14.0. The van der Waals surface area contributed by atoms with E-state index in [-0.39, 0.29) is 54.1 Å². The SMILES string of the molecule is Cc1c2[n+]3c4c(cccc4c4c5c(cc[n+]4C)Cn1c53)C(C)(C)C2(C)C.Cc1c2[n+]3c4c(cccc4c4c5c(cc[n+]4C)Cn1c53)C(C)(C)C2(C)C.Cc1c2[n+]3c4c(cccc4c4c5c(ccn4OB(O)O)C[n+]1c53)C(C)(C)C2(C)C.Cc1c2[n+]3c4c(ccnc4c4c5c(cc[n+]4C)Cn1c53)C(C)(C)C2(C)C.[B][n+]1ccc2c3c1c1nccc4c1[n+]1c(c(C)n(c31)C2)C(C)(C)C4(C)C. The maximum Gasteiger partial charge on any atom is 0.728 e. The predicted molar refractivity (Wildman–Crippen MR) is 520 cm³/mol. The maximum atomic E-state index is 9.50. The van der Waals surface area contributed by atoms with Gasteiger partial charge in [-0.1, -0.05) is 165 Å². The molecule has 0 saturated heterocycles. The van der Waals surface area contributed by atoms with Crippen molar-refractivity contribution in [3.05, 3.63) is 253 Å². The number of aromatic nitrogens is 17. The summed E-state index contributed by atoms with van der Waals surface area (Å²) in [4.78, 5) is 9.70. The van der Waals surface area contributed by atoms with Gasteiger partial charge in [0.2, 0.25) is 22.1 Å². The third kappa shape index (κ3) is 8.88. The summed E-state index contributed by atoms with van der Waals surface area (Å²) < 4.78 is 40.6. The van der Waals surface area contributed by atoms with Crippen LogP contribution >= 0.6 is 0 Å². The summed E-state index contributed by atoms with van der Waals surface area (Å²) >= 11 is 0. The molecule has 0 aliphatic carbocycles. The Bertz CT molecular complexity index is 8300. The third-order valence-corrected chi connectivity index (χ3v) is 38.3. The Morgan fingerprint density at radius 1 is 0.346 bits per heavy atom. The zero-order valence-electron chi connectivity index (χ0n) is 82.4. The summed E-state index contributed by atoms with van der Waals surface area (Å²) in [7, 11) is 11.0. The summed E-state index contributed by atoms with van der Waals surface area (Å²) in [5.74, 6) is 0. The van der Waals surface area contributed by atoms with Crippen molar-refractivity contribution in [2.45, 2.75) is 260 Å². The molecule has 0 saturated carbocycles. The molecule has 30 rings (SSSR count). The second-order valence-electron chi connectivity index (χ2n) is 46.2. The number of hydrogen-bond donors (Lipinski definition) is 2. The summed E-state index contributed by atoms with van der Waals surface area (Å²) in [6, 6.07) is 35.7. The number of nitrogens with zero attached hydrogens (tertiary/aromatic N) is 17. The van der Waals surface area contributed by atoms with Gasteiger partial charge in [-0.3, -0.25) is 4.48 Å². The second kappa shape index (κ2) is 24.6. The molecule has 2 radical (unpaired) electrons. The molecule has 2 N–H and O–H groups in total. The van der Waals surface area contributed by atoms with Gasteiger partial charge in [-0.15, -0.1) is 4.57 Å². The van der Waals surface area contributed by atoms with Gasteiger partial charge in [0.25, 0.3) is 16.9 Å². The fourth-order valence-electron chi connectivity index (χ4n) is 28.3. The molecule has 17 aromatic heterocycles. The highest BCUT2D eigenvalue weighted by Crippen LogP contribution is 2.58. The highest BCUT2D eigenvalue weighted by atomic mass is 16.7. The van der Waals surface area contributed by atoms with Crippen molar-refractivity contribution in [1.82, 2.24) is 33.0 Å². The Morgan fingerprint density at radius 3 is 1.08 bits per heavy atom. The van der Waals surface area contributed by atoms with Crippen molar-refractivity contribution < 1.29 is 59.6 Å². The number of para-hydroxylation sites is 3. The zero-order valence-corrected chi connectivity index (χ0v) is 82.4. The van der Waals surface area contributed by atoms with Crippen molar-refractivity contribution in [3.8, 4) is 0 Å². The smallest absolute Gasteiger partial charge is 0.421 e. The summed E-state index contributed by atoms with van der Waals surface area (Å²) in [5.41, 5.74) is 49.2. The Balaban J connectivity index is 0.0000000869. The molecule has 10 aliphatic heterocycles. The van der Waals surface area contributed by atoms with Crippen LogP contribution in [0.1, 0.15) is 251 Å².